The summed E-state index contributed by atoms with van der Waals surface area (Å²) in [5.74, 6) is 0.948. The molecule has 1 saturated carbocycles. The SMILES string of the molecule is Cc1coc(NCCC2CCC2)n1. The maximum absolute atomic E-state index is 5.18. The Bertz CT molecular complexity index is 266. The Kier molecular flexibility index (Phi) is 2.52. The van der Waals surface area contributed by atoms with Crippen LogP contribution in [-0.2, 0) is 0 Å². The van der Waals surface area contributed by atoms with Gasteiger partial charge in [-0.25, -0.2) is 0 Å². The maximum atomic E-state index is 5.18. The topological polar surface area (TPSA) is 38.1 Å². The number of rotatable bonds is 4. The first kappa shape index (κ1) is 8.60. The highest BCUT2D eigenvalue weighted by Gasteiger charge is 2.16. The molecule has 1 N–H and O–H groups in total. The third-order valence-electron chi connectivity index (χ3n) is 2.67. The van der Waals surface area contributed by atoms with Crippen molar-refractivity contribution in [1.82, 2.24) is 4.98 Å². The average Bonchev–Trinajstić information content (AvgIpc) is 2.42. The molecular weight excluding hydrogens is 164 g/mol. The number of nitrogens with zero attached hydrogens (tertiary/aromatic N) is 1. The maximum Gasteiger partial charge on any atom is 0.294 e. The van der Waals surface area contributed by atoms with Crippen molar-refractivity contribution in [3.05, 3.63) is 12.0 Å². The van der Waals surface area contributed by atoms with E-state index in [4.69, 9.17) is 4.42 Å². The smallest absolute Gasteiger partial charge is 0.294 e. The minimum atomic E-state index is 0.664. The zero-order chi connectivity index (χ0) is 9.10. The third-order valence-corrected chi connectivity index (χ3v) is 2.67. The Balaban J connectivity index is 1.67. The van der Waals surface area contributed by atoms with Gasteiger partial charge in [0.2, 0.25) is 0 Å². The largest absolute Gasteiger partial charge is 0.432 e. The van der Waals surface area contributed by atoms with Crippen molar-refractivity contribution in [2.45, 2.75) is 32.6 Å². The van der Waals surface area contributed by atoms with Crippen LogP contribution in [0.2, 0.25) is 0 Å². The Morgan fingerprint density at radius 2 is 2.46 bits per heavy atom. The lowest BCUT2D eigenvalue weighted by atomic mass is 9.83. The van der Waals surface area contributed by atoms with Crippen LogP contribution in [0.15, 0.2) is 10.7 Å². The van der Waals surface area contributed by atoms with E-state index in [1.54, 1.807) is 6.26 Å². The number of oxazole rings is 1. The van der Waals surface area contributed by atoms with Gasteiger partial charge in [0.1, 0.15) is 6.26 Å². The Morgan fingerprint density at radius 3 is 3.00 bits per heavy atom. The number of hydrogen-bond donors (Lipinski definition) is 1. The van der Waals surface area contributed by atoms with E-state index in [1.807, 2.05) is 6.92 Å². The zero-order valence-electron chi connectivity index (χ0n) is 8.05. The lowest BCUT2D eigenvalue weighted by Gasteiger charge is -2.24. The molecule has 1 fully saturated rings. The summed E-state index contributed by atoms with van der Waals surface area (Å²) in [4.78, 5) is 4.17. The van der Waals surface area contributed by atoms with Gasteiger partial charge in [-0.3, -0.25) is 0 Å². The molecule has 1 aromatic rings. The fraction of sp³-hybridized carbons (Fsp3) is 0.700. The molecule has 13 heavy (non-hydrogen) atoms. The summed E-state index contributed by atoms with van der Waals surface area (Å²) in [6.45, 7) is 2.92. The first-order valence-corrected chi connectivity index (χ1v) is 5.00. The number of anilines is 1. The van der Waals surface area contributed by atoms with E-state index in [0.717, 1.165) is 18.2 Å². The van der Waals surface area contributed by atoms with Crippen molar-refractivity contribution in [2.75, 3.05) is 11.9 Å². The summed E-state index contributed by atoms with van der Waals surface area (Å²) in [5, 5.41) is 3.19. The summed E-state index contributed by atoms with van der Waals surface area (Å²) < 4.78 is 5.18. The summed E-state index contributed by atoms with van der Waals surface area (Å²) in [7, 11) is 0. The lowest BCUT2D eigenvalue weighted by molar-refractivity contribution is 0.302. The predicted molar refractivity (Wildman–Crippen MR) is 51.7 cm³/mol. The molecule has 0 aliphatic heterocycles. The van der Waals surface area contributed by atoms with Crippen molar-refractivity contribution >= 4 is 6.01 Å². The summed E-state index contributed by atoms with van der Waals surface area (Å²) in [6, 6.07) is 0.664. The van der Waals surface area contributed by atoms with Gasteiger partial charge in [-0.05, 0) is 19.3 Å². The minimum Gasteiger partial charge on any atom is -0.432 e. The van der Waals surface area contributed by atoms with E-state index in [1.165, 1.54) is 25.7 Å². The van der Waals surface area contributed by atoms with Crippen LogP contribution >= 0.6 is 0 Å². The molecule has 0 aromatic carbocycles. The Morgan fingerprint density at radius 1 is 1.62 bits per heavy atom. The molecule has 1 heterocycles. The molecular formula is C10H16N2O. The second kappa shape index (κ2) is 3.81. The predicted octanol–water partition coefficient (Wildman–Crippen LogP) is 2.59. The summed E-state index contributed by atoms with van der Waals surface area (Å²) in [5.41, 5.74) is 0.936. The van der Waals surface area contributed by atoms with E-state index in [9.17, 15) is 0 Å². The zero-order valence-corrected chi connectivity index (χ0v) is 8.05. The van der Waals surface area contributed by atoms with Gasteiger partial charge in [0.15, 0.2) is 0 Å². The van der Waals surface area contributed by atoms with Crippen LogP contribution in [0.5, 0.6) is 0 Å². The molecule has 0 radical (unpaired) electrons. The molecule has 72 valence electrons. The number of hydrogen-bond acceptors (Lipinski definition) is 3. The molecule has 0 spiro atoms. The van der Waals surface area contributed by atoms with Crippen molar-refractivity contribution in [3.8, 4) is 0 Å². The molecule has 0 amide bonds. The van der Waals surface area contributed by atoms with Crippen molar-refractivity contribution in [2.24, 2.45) is 5.92 Å². The lowest BCUT2D eigenvalue weighted by Crippen LogP contribution is -2.15. The number of aryl methyl sites for hydroxylation is 1. The van der Waals surface area contributed by atoms with Crippen LogP contribution in [0, 0.1) is 12.8 Å². The van der Waals surface area contributed by atoms with Crippen molar-refractivity contribution in [3.63, 3.8) is 0 Å². The quantitative estimate of drug-likeness (QED) is 0.773. The molecule has 0 atom stereocenters. The van der Waals surface area contributed by atoms with Crippen LogP contribution in [-0.4, -0.2) is 11.5 Å². The van der Waals surface area contributed by atoms with Crippen LogP contribution in [0.3, 0.4) is 0 Å². The van der Waals surface area contributed by atoms with E-state index in [2.05, 4.69) is 10.3 Å². The van der Waals surface area contributed by atoms with Crippen molar-refractivity contribution in [1.29, 1.82) is 0 Å². The highest BCUT2D eigenvalue weighted by molar-refractivity contribution is 5.20. The molecule has 3 nitrogen and oxygen atoms in total. The van der Waals surface area contributed by atoms with Crippen LogP contribution in [0.25, 0.3) is 0 Å². The van der Waals surface area contributed by atoms with E-state index < -0.39 is 0 Å². The number of aromatic nitrogens is 1. The summed E-state index contributed by atoms with van der Waals surface area (Å²) >= 11 is 0. The first-order valence-electron chi connectivity index (χ1n) is 5.00. The van der Waals surface area contributed by atoms with Gasteiger partial charge in [0, 0.05) is 6.54 Å². The monoisotopic (exact) mass is 180 g/mol. The first-order chi connectivity index (χ1) is 6.34. The van der Waals surface area contributed by atoms with Gasteiger partial charge in [0.25, 0.3) is 6.01 Å². The van der Waals surface area contributed by atoms with Crippen LogP contribution < -0.4 is 5.32 Å². The third kappa shape index (κ3) is 2.23. The second-order valence-electron chi connectivity index (χ2n) is 3.81. The molecule has 0 saturated heterocycles. The van der Waals surface area contributed by atoms with Gasteiger partial charge in [-0.1, -0.05) is 19.3 Å². The van der Waals surface area contributed by atoms with E-state index >= 15 is 0 Å². The molecule has 1 aliphatic rings. The van der Waals surface area contributed by atoms with Gasteiger partial charge < -0.3 is 9.73 Å². The minimum absolute atomic E-state index is 0.664. The van der Waals surface area contributed by atoms with Gasteiger partial charge >= 0.3 is 0 Å². The molecule has 3 heteroatoms. The van der Waals surface area contributed by atoms with Crippen LogP contribution in [0.4, 0.5) is 6.01 Å². The van der Waals surface area contributed by atoms with Gasteiger partial charge in [0.05, 0.1) is 5.69 Å². The molecule has 0 unspecified atom stereocenters. The van der Waals surface area contributed by atoms with E-state index in [0.29, 0.717) is 6.01 Å². The standard InChI is InChI=1S/C10H16N2O/c1-8-7-13-10(12-8)11-6-5-9-3-2-4-9/h7,9H,2-6H2,1H3,(H,11,12). The van der Waals surface area contributed by atoms with E-state index in [-0.39, 0.29) is 0 Å². The number of nitrogens with one attached hydrogen (secondary N) is 1. The fourth-order valence-corrected chi connectivity index (χ4v) is 1.60. The highest BCUT2D eigenvalue weighted by Crippen LogP contribution is 2.29. The van der Waals surface area contributed by atoms with Gasteiger partial charge in [-0.15, -0.1) is 0 Å². The highest BCUT2D eigenvalue weighted by atomic mass is 16.4. The molecule has 0 bridgehead atoms. The Hall–Kier alpha value is -0.990. The molecule has 1 aromatic heterocycles. The summed E-state index contributed by atoms with van der Waals surface area (Å²) in [6.07, 6.45) is 7.16. The average molecular weight is 180 g/mol. The Labute approximate surface area is 78.5 Å². The normalized spacial score (nSPS) is 17.0. The molecule has 1 aliphatic carbocycles. The second-order valence-corrected chi connectivity index (χ2v) is 3.81. The fourth-order valence-electron chi connectivity index (χ4n) is 1.60. The molecule has 2 rings (SSSR count). The van der Waals surface area contributed by atoms with Crippen LogP contribution in [0.1, 0.15) is 31.4 Å². The van der Waals surface area contributed by atoms with Crippen molar-refractivity contribution < 1.29 is 4.42 Å². The van der Waals surface area contributed by atoms with Gasteiger partial charge in [-0.2, -0.15) is 4.98 Å².